The van der Waals surface area contributed by atoms with Crippen molar-refractivity contribution >= 4 is 38.4 Å². The number of likely N-dealkylation sites (N-methyl/N-ethyl adjacent to an activating group) is 1. The lowest BCUT2D eigenvalue weighted by atomic mass is 10.2. The number of hydrogen-bond donors (Lipinski definition) is 2. The van der Waals surface area contributed by atoms with E-state index in [1.807, 2.05) is 26.8 Å². The smallest absolute Gasteiger partial charge is 0.240 e. The predicted octanol–water partition coefficient (Wildman–Crippen LogP) is 2.76. The van der Waals surface area contributed by atoms with Crippen LogP contribution in [-0.4, -0.2) is 27.5 Å². The van der Waals surface area contributed by atoms with Gasteiger partial charge in [-0.05, 0) is 50.6 Å². The molecule has 0 saturated heterocycles. The van der Waals surface area contributed by atoms with Gasteiger partial charge in [-0.1, -0.05) is 22.9 Å². The molecule has 0 aliphatic carbocycles. The van der Waals surface area contributed by atoms with Gasteiger partial charge in [0.1, 0.15) is 0 Å². The van der Waals surface area contributed by atoms with Gasteiger partial charge in [-0.2, -0.15) is 0 Å². The zero-order valence-electron chi connectivity index (χ0n) is 12.2. The number of halogens is 2. The van der Waals surface area contributed by atoms with Crippen LogP contribution in [0.15, 0.2) is 21.5 Å². The van der Waals surface area contributed by atoms with Crippen molar-refractivity contribution in [1.82, 2.24) is 10.0 Å². The summed E-state index contributed by atoms with van der Waals surface area (Å²) in [5.41, 5.74) is 1.65. The highest BCUT2D eigenvalue weighted by Gasteiger charge is 2.18. The first kappa shape index (κ1) is 19.9. The largest absolute Gasteiger partial charge is 0.313 e. The van der Waals surface area contributed by atoms with Gasteiger partial charge in [-0.25, -0.2) is 13.1 Å². The zero-order chi connectivity index (χ0) is 14.6. The molecule has 0 aliphatic rings. The van der Waals surface area contributed by atoms with Crippen LogP contribution in [0.5, 0.6) is 0 Å². The Hall–Kier alpha value is -0.140. The summed E-state index contributed by atoms with van der Waals surface area (Å²) >= 11 is 3.40. The molecule has 0 spiro atoms. The van der Waals surface area contributed by atoms with Crippen molar-refractivity contribution in [2.45, 2.75) is 38.6 Å². The fourth-order valence-corrected chi connectivity index (χ4v) is 3.67. The van der Waals surface area contributed by atoms with Crippen molar-refractivity contribution in [3.05, 3.63) is 27.7 Å². The second-order valence-corrected chi connectivity index (χ2v) is 7.27. The van der Waals surface area contributed by atoms with E-state index in [4.69, 9.17) is 0 Å². The van der Waals surface area contributed by atoms with Crippen molar-refractivity contribution in [2.75, 3.05) is 13.1 Å². The first-order chi connectivity index (χ1) is 8.77. The molecule has 0 saturated carbocycles. The summed E-state index contributed by atoms with van der Waals surface area (Å²) in [4.78, 5) is 0.344. The fraction of sp³-hybridized carbons (Fsp3) is 0.538. The zero-order valence-corrected chi connectivity index (χ0v) is 15.4. The van der Waals surface area contributed by atoms with Crippen molar-refractivity contribution in [1.29, 1.82) is 0 Å². The molecule has 0 fully saturated rings. The van der Waals surface area contributed by atoms with E-state index < -0.39 is 10.0 Å². The summed E-state index contributed by atoms with van der Waals surface area (Å²) in [6.45, 7) is 8.82. The average molecular weight is 386 g/mol. The summed E-state index contributed by atoms with van der Waals surface area (Å²) < 4.78 is 28.1. The standard InChI is InChI=1S/C13H21BrN2O2S.ClH/c1-5-15-11(4)8-16-19(17,18)13-7-9(2)12(14)6-10(13)3;/h6-7,11,15-16H,5,8H2,1-4H3;1H/t11-;/m1./s1. The van der Waals surface area contributed by atoms with Crippen molar-refractivity contribution in [3.63, 3.8) is 0 Å². The molecule has 1 aromatic carbocycles. The quantitative estimate of drug-likeness (QED) is 0.791. The summed E-state index contributed by atoms with van der Waals surface area (Å²) in [7, 11) is -3.45. The van der Waals surface area contributed by atoms with Gasteiger partial charge in [0, 0.05) is 17.1 Å². The molecule has 1 aromatic rings. The molecule has 0 aromatic heterocycles. The number of hydrogen-bond acceptors (Lipinski definition) is 3. The minimum Gasteiger partial charge on any atom is -0.313 e. The Balaban J connectivity index is 0.00000361. The third kappa shape index (κ3) is 5.33. The first-order valence-corrected chi connectivity index (χ1v) is 8.55. The van der Waals surface area contributed by atoms with E-state index in [1.54, 1.807) is 13.0 Å². The lowest BCUT2D eigenvalue weighted by molar-refractivity contribution is 0.536. The normalized spacial score (nSPS) is 12.8. The highest BCUT2D eigenvalue weighted by atomic mass is 79.9. The van der Waals surface area contributed by atoms with E-state index in [1.165, 1.54) is 0 Å². The molecule has 4 nitrogen and oxygen atoms in total. The lowest BCUT2D eigenvalue weighted by Crippen LogP contribution is -2.38. The highest BCUT2D eigenvalue weighted by molar-refractivity contribution is 9.10. The Morgan fingerprint density at radius 2 is 1.85 bits per heavy atom. The molecule has 1 rings (SSSR count). The Bertz CT molecular complexity index is 550. The molecule has 0 amide bonds. The van der Waals surface area contributed by atoms with Gasteiger partial charge in [0.05, 0.1) is 4.90 Å². The third-order valence-corrected chi connectivity index (χ3v) is 5.30. The molecular weight excluding hydrogens is 364 g/mol. The van der Waals surface area contributed by atoms with Crippen LogP contribution in [0.2, 0.25) is 0 Å². The maximum Gasteiger partial charge on any atom is 0.240 e. The first-order valence-electron chi connectivity index (χ1n) is 6.27. The van der Waals surface area contributed by atoms with Crippen LogP contribution < -0.4 is 10.0 Å². The van der Waals surface area contributed by atoms with E-state index >= 15 is 0 Å². The maximum atomic E-state index is 12.3. The highest BCUT2D eigenvalue weighted by Crippen LogP contribution is 2.24. The van der Waals surface area contributed by atoms with Crippen LogP contribution >= 0.6 is 28.3 Å². The number of nitrogens with one attached hydrogen (secondary N) is 2. The SMILES string of the molecule is CCN[C@H](C)CNS(=O)(=O)c1cc(C)c(Br)cc1C.Cl. The van der Waals surface area contributed by atoms with E-state index in [0.717, 1.165) is 22.1 Å². The minimum absolute atomic E-state index is 0. The van der Waals surface area contributed by atoms with Crippen molar-refractivity contribution < 1.29 is 8.42 Å². The molecule has 116 valence electrons. The average Bonchev–Trinajstić information content (AvgIpc) is 2.31. The second-order valence-electron chi connectivity index (χ2n) is 4.68. The topological polar surface area (TPSA) is 58.2 Å². The van der Waals surface area contributed by atoms with Gasteiger partial charge in [0.25, 0.3) is 0 Å². The molecule has 1 atom stereocenters. The van der Waals surface area contributed by atoms with Gasteiger partial charge in [0.15, 0.2) is 0 Å². The second kappa shape index (κ2) is 8.34. The van der Waals surface area contributed by atoms with Gasteiger partial charge >= 0.3 is 0 Å². The number of aryl methyl sites for hydroxylation is 2. The molecular formula is C13H22BrClN2O2S. The third-order valence-electron chi connectivity index (χ3n) is 2.88. The fourth-order valence-electron chi connectivity index (χ4n) is 1.78. The molecule has 0 heterocycles. The van der Waals surface area contributed by atoms with E-state index in [2.05, 4.69) is 26.0 Å². The van der Waals surface area contributed by atoms with Crippen LogP contribution in [-0.2, 0) is 10.0 Å². The Morgan fingerprint density at radius 1 is 1.25 bits per heavy atom. The van der Waals surface area contributed by atoms with Crippen LogP contribution in [0.3, 0.4) is 0 Å². The van der Waals surface area contributed by atoms with Crippen LogP contribution in [0, 0.1) is 13.8 Å². The number of benzene rings is 1. The molecule has 7 heteroatoms. The van der Waals surface area contributed by atoms with Crippen LogP contribution in [0.1, 0.15) is 25.0 Å². The predicted molar refractivity (Wildman–Crippen MR) is 89.2 cm³/mol. The molecule has 20 heavy (non-hydrogen) atoms. The summed E-state index contributed by atoms with van der Waals surface area (Å²) in [5.74, 6) is 0. The van der Waals surface area contributed by atoms with Crippen LogP contribution in [0.25, 0.3) is 0 Å². The van der Waals surface area contributed by atoms with Gasteiger partial charge < -0.3 is 5.32 Å². The van der Waals surface area contributed by atoms with E-state index in [-0.39, 0.29) is 18.4 Å². The van der Waals surface area contributed by atoms with Crippen molar-refractivity contribution in [3.8, 4) is 0 Å². The molecule has 0 bridgehead atoms. The lowest BCUT2D eigenvalue weighted by Gasteiger charge is -2.15. The van der Waals surface area contributed by atoms with Crippen LogP contribution in [0.4, 0.5) is 0 Å². The monoisotopic (exact) mass is 384 g/mol. The number of rotatable bonds is 6. The Labute approximate surface area is 136 Å². The minimum atomic E-state index is -3.45. The van der Waals surface area contributed by atoms with E-state index in [9.17, 15) is 8.42 Å². The molecule has 0 radical (unpaired) electrons. The number of sulfonamides is 1. The summed E-state index contributed by atoms with van der Waals surface area (Å²) in [6.07, 6.45) is 0. The molecule has 2 N–H and O–H groups in total. The summed E-state index contributed by atoms with van der Waals surface area (Å²) in [5, 5.41) is 3.17. The van der Waals surface area contributed by atoms with E-state index in [0.29, 0.717) is 11.4 Å². The van der Waals surface area contributed by atoms with Gasteiger partial charge in [-0.15, -0.1) is 12.4 Å². The maximum absolute atomic E-state index is 12.3. The van der Waals surface area contributed by atoms with Gasteiger partial charge in [0.2, 0.25) is 10.0 Å². The Kier molecular flexibility index (Phi) is 8.28. The Morgan fingerprint density at radius 3 is 2.40 bits per heavy atom. The molecule has 0 aliphatic heterocycles. The van der Waals surface area contributed by atoms with Gasteiger partial charge in [-0.3, -0.25) is 0 Å². The van der Waals surface area contributed by atoms with Crippen molar-refractivity contribution in [2.24, 2.45) is 0 Å². The summed E-state index contributed by atoms with van der Waals surface area (Å²) in [6, 6.07) is 3.63. The molecule has 0 unspecified atom stereocenters.